The second-order valence-electron chi connectivity index (χ2n) is 3.18. The van der Waals surface area contributed by atoms with Crippen LogP contribution in [0.25, 0.3) is 0 Å². The summed E-state index contributed by atoms with van der Waals surface area (Å²) in [6.45, 7) is 2.06. The van der Waals surface area contributed by atoms with Crippen LogP contribution in [-0.4, -0.2) is 26.3 Å². The molecule has 0 spiro atoms. The molecule has 86 valence electrons. The molecule has 16 heavy (non-hydrogen) atoms. The molecule has 1 rings (SSSR count). The zero-order valence-corrected chi connectivity index (χ0v) is 10.5. The summed E-state index contributed by atoms with van der Waals surface area (Å²) >= 11 is 5.82. The second kappa shape index (κ2) is 4.83. The molecule has 0 saturated heterocycles. The van der Waals surface area contributed by atoms with E-state index in [-0.39, 0.29) is 15.5 Å². The van der Waals surface area contributed by atoms with Crippen LogP contribution in [0, 0.1) is 11.3 Å². The maximum Gasteiger partial charge on any atom is 0.244 e. The highest BCUT2D eigenvalue weighted by atomic mass is 35.5. The molecule has 0 amide bonds. The van der Waals surface area contributed by atoms with Crippen LogP contribution in [0.4, 0.5) is 0 Å². The molecule has 6 heteroatoms. The van der Waals surface area contributed by atoms with Crippen LogP contribution in [0.2, 0.25) is 5.02 Å². The maximum absolute atomic E-state index is 12.0. The molecule has 4 nitrogen and oxygen atoms in total. The summed E-state index contributed by atoms with van der Waals surface area (Å²) in [6.07, 6.45) is 0. The fourth-order valence-electron chi connectivity index (χ4n) is 1.11. The molecule has 0 saturated carbocycles. The van der Waals surface area contributed by atoms with Gasteiger partial charge < -0.3 is 0 Å². The number of hydrogen-bond donors (Lipinski definition) is 0. The largest absolute Gasteiger partial charge is 0.244 e. The number of benzene rings is 1. The lowest BCUT2D eigenvalue weighted by atomic mass is 10.2. The number of rotatable bonds is 3. The molecule has 0 aliphatic carbocycles. The van der Waals surface area contributed by atoms with Crippen LogP contribution < -0.4 is 0 Å². The van der Waals surface area contributed by atoms with Crippen LogP contribution >= 0.6 is 11.6 Å². The standard InChI is InChI=1S/C10H11ClN2O2S/c1-3-13(2)16(14,15)10-6-8(7-12)4-5-9(10)11/h4-6H,3H2,1-2H3. The zero-order valence-electron chi connectivity index (χ0n) is 8.94. The van der Waals surface area contributed by atoms with Gasteiger partial charge in [0.1, 0.15) is 4.90 Å². The molecule has 0 aliphatic rings. The first kappa shape index (κ1) is 13.0. The first-order valence-corrected chi connectivity index (χ1v) is 6.41. The lowest BCUT2D eigenvalue weighted by molar-refractivity contribution is 0.486. The van der Waals surface area contributed by atoms with Gasteiger partial charge in [-0.2, -0.15) is 5.26 Å². The molecule has 0 fully saturated rings. The molecular formula is C10H11ClN2O2S. The van der Waals surface area contributed by atoms with Gasteiger partial charge >= 0.3 is 0 Å². The van der Waals surface area contributed by atoms with Crippen LogP contribution in [0.15, 0.2) is 23.1 Å². The van der Waals surface area contributed by atoms with E-state index in [1.165, 1.54) is 29.6 Å². The highest BCUT2D eigenvalue weighted by Crippen LogP contribution is 2.24. The van der Waals surface area contributed by atoms with Gasteiger partial charge in [0.15, 0.2) is 0 Å². The third-order valence-corrected chi connectivity index (χ3v) is 4.61. The van der Waals surface area contributed by atoms with Crippen molar-refractivity contribution >= 4 is 21.6 Å². The van der Waals surface area contributed by atoms with Crippen LogP contribution in [0.3, 0.4) is 0 Å². The highest BCUT2D eigenvalue weighted by Gasteiger charge is 2.22. The first-order chi connectivity index (χ1) is 7.43. The molecular weight excluding hydrogens is 248 g/mol. The van der Waals surface area contributed by atoms with Gasteiger partial charge in [-0.15, -0.1) is 0 Å². The first-order valence-electron chi connectivity index (χ1n) is 4.59. The Morgan fingerprint density at radius 1 is 1.50 bits per heavy atom. The van der Waals surface area contributed by atoms with E-state index >= 15 is 0 Å². The SMILES string of the molecule is CCN(C)S(=O)(=O)c1cc(C#N)ccc1Cl. The van der Waals surface area contributed by atoms with Crippen molar-refractivity contribution in [3.8, 4) is 6.07 Å². The van der Waals surface area contributed by atoms with Gasteiger partial charge in [-0.05, 0) is 18.2 Å². The number of nitrogens with zero attached hydrogens (tertiary/aromatic N) is 2. The summed E-state index contributed by atoms with van der Waals surface area (Å²) in [5.41, 5.74) is 0.271. The Kier molecular flexibility index (Phi) is 3.92. The minimum Gasteiger partial charge on any atom is -0.207 e. The predicted octanol–water partition coefficient (Wildman–Crippen LogP) is 1.85. The maximum atomic E-state index is 12.0. The van der Waals surface area contributed by atoms with Crippen molar-refractivity contribution in [2.24, 2.45) is 0 Å². The van der Waals surface area contributed by atoms with Crippen molar-refractivity contribution in [3.63, 3.8) is 0 Å². The topological polar surface area (TPSA) is 61.2 Å². The van der Waals surface area contributed by atoms with Crippen molar-refractivity contribution in [2.75, 3.05) is 13.6 Å². The molecule has 0 aromatic heterocycles. The van der Waals surface area contributed by atoms with Crippen LogP contribution in [0.1, 0.15) is 12.5 Å². The van der Waals surface area contributed by atoms with Gasteiger partial charge in [0, 0.05) is 13.6 Å². The Bertz CT molecular complexity index is 534. The molecule has 0 aliphatic heterocycles. The van der Waals surface area contributed by atoms with E-state index in [2.05, 4.69) is 0 Å². The molecule has 0 N–H and O–H groups in total. The summed E-state index contributed by atoms with van der Waals surface area (Å²) in [7, 11) is -2.14. The number of hydrogen-bond acceptors (Lipinski definition) is 3. The van der Waals surface area contributed by atoms with Gasteiger partial charge in [0.25, 0.3) is 0 Å². The Labute approximate surface area is 100 Å². The van der Waals surface area contributed by atoms with Crippen molar-refractivity contribution in [1.29, 1.82) is 5.26 Å². The summed E-state index contributed by atoms with van der Waals surface area (Å²) in [5, 5.41) is 8.84. The van der Waals surface area contributed by atoms with Gasteiger partial charge in [-0.3, -0.25) is 0 Å². The summed E-state index contributed by atoms with van der Waals surface area (Å²) in [5.74, 6) is 0. The van der Waals surface area contributed by atoms with E-state index in [1.807, 2.05) is 6.07 Å². The Balaban J connectivity index is 3.39. The van der Waals surface area contributed by atoms with Crippen LogP contribution in [0.5, 0.6) is 0 Å². The van der Waals surface area contributed by atoms with Crippen molar-refractivity contribution in [3.05, 3.63) is 28.8 Å². The van der Waals surface area contributed by atoms with Crippen molar-refractivity contribution in [1.82, 2.24) is 4.31 Å². The highest BCUT2D eigenvalue weighted by molar-refractivity contribution is 7.89. The molecule has 0 bridgehead atoms. The van der Waals surface area contributed by atoms with E-state index < -0.39 is 10.0 Å². The summed E-state index contributed by atoms with van der Waals surface area (Å²) < 4.78 is 25.1. The summed E-state index contributed by atoms with van der Waals surface area (Å²) in [4.78, 5) is -0.0300. The van der Waals surface area contributed by atoms with E-state index in [1.54, 1.807) is 6.92 Å². The Hall–Kier alpha value is -1.09. The molecule has 0 atom stereocenters. The predicted molar refractivity (Wildman–Crippen MR) is 61.7 cm³/mol. The minimum atomic E-state index is -3.60. The molecule has 0 unspecified atom stereocenters. The average Bonchev–Trinajstić information content (AvgIpc) is 2.28. The van der Waals surface area contributed by atoms with Gasteiger partial charge in [0.2, 0.25) is 10.0 Å². The van der Waals surface area contributed by atoms with E-state index in [4.69, 9.17) is 16.9 Å². The minimum absolute atomic E-state index is 0.0300. The Morgan fingerprint density at radius 2 is 2.12 bits per heavy atom. The molecule has 1 aromatic rings. The smallest absolute Gasteiger partial charge is 0.207 e. The quantitative estimate of drug-likeness (QED) is 0.831. The normalized spacial score (nSPS) is 11.4. The molecule has 1 aromatic carbocycles. The van der Waals surface area contributed by atoms with Crippen molar-refractivity contribution < 1.29 is 8.42 Å². The second-order valence-corrected chi connectivity index (χ2v) is 5.60. The number of nitriles is 1. The third-order valence-electron chi connectivity index (χ3n) is 2.19. The lowest BCUT2D eigenvalue weighted by Gasteiger charge is -2.15. The van der Waals surface area contributed by atoms with Crippen LogP contribution in [-0.2, 0) is 10.0 Å². The zero-order chi connectivity index (χ0) is 12.3. The van der Waals surface area contributed by atoms with E-state index in [0.717, 1.165) is 0 Å². The molecule has 0 radical (unpaired) electrons. The Morgan fingerprint density at radius 3 is 2.62 bits per heavy atom. The number of sulfonamides is 1. The van der Waals surface area contributed by atoms with Crippen molar-refractivity contribution in [2.45, 2.75) is 11.8 Å². The average molecular weight is 259 g/mol. The van der Waals surface area contributed by atoms with Gasteiger partial charge in [0.05, 0.1) is 16.7 Å². The number of halogens is 1. The lowest BCUT2D eigenvalue weighted by Crippen LogP contribution is -2.26. The fraction of sp³-hybridized carbons (Fsp3) is 0.300. The monoisotopic (exact) mass is 258 g/mol. The van der Waals surface area contributed by atoms with Gasteiger partial charge in [-0.25, -0.2) is 12.7 Å². The third kappa shape index (κ3) is 2.35. The van der Waals surface area contributed by atoms with E-state index in [9.17, 15) is 8.42 Å². The fourth-order valence-corrected chi connectivity index (χ4v) is 2.78. The summed E-state index contributed by atoms with van der Waals surface area (Å²) in [6, 6.07) is 6.06. The molecule has 0 heterocycles. The van der Waals surface area contributed by atoms with Gasteiger partial charge in [-0.1, -0.05) is 18.5 Å². The van der Waals surface area contributed by atoms with E-state index in [0.29, 0.717) is 6.54 Å².